The van der Waals surface area contributed by atoms with Gasteiger partial charge in [-0.15, -0.1) is 0 Å². The summed E-state index contributed by atoms with van der Waals surface area (Å²) in [4.78, 5) is 0. The van der Waals surface area contributed by atoms with Crippen molar-refractivity contribution in [3.8, 4) is 17.2 Å². The highest BCUT2D eigenvalue weighted by atomic mass is 16.5. The summed E-state index contributed by atoms with van der Waals surface area (Å²) in [6, 6.07) is 3.60. The number of aliphatic hydroxyl groups is 1. The molecule has 0 amide bonds. The second-order valence-electron chi connectivity index (χ2n) is 3.94. The van der Waals surface area contributed by atoms with E-state index < -0.39 is 6.10 Å². The van der Waals surface area contributed by atoms with E-state index in [1.54, 1.807) is 33.5 Å². The van der Waals surface area contributed by atoms with Gasteiger partial charge in [-0.3, -0.25) is 0 Å². The van der Waals surface area contributed by atoms with Gasteiger partial charge in [0.2, 0.25) is 5.75 Å². The van der Waals surface area contributed by atoms with Gasteiger partial charge in [0.25, 0.3) is 0 Å². The molecule has 1 rings (SSSR count). The van der Waals surface area contributed by atoms with Crippen LogP contribution in [0.25, 0.3) is 0 Å². The monoisotopic (exact) mass is 271 g/mol. The second-order valence-corrected chi connectivity index (χ2v) is 3.94. The average molecular weight is 271 g/mol. The summed E-state index contributed by atoms with van der Waals surface area (Å²) >= 11 is 0. The Hall–Kier alpha value is -1.50. The van der Waals surface area contributed by atoms with Crippen LogP contribution in [0.1, 0.15) is 5.56 Å². The first-order chi connectivity index (χ1) is 9.15. The molecule has 1 atom stereocenters. The molecule has 0 aromatic heterocycles. The molecule has 0 fully saturated rings. The summed E-state index contributed by atoms with van der Waals surface area (Å²) < 4.78 is 21.1. The molecule has 0 aliphatic carbocycles. The van der Waals surface area contributed by atoms with Crippen molar-refractivity contribution in [2.45, 2.75) is 12.7 Å². The summed E-state index contributed by atoms with van der Waals surface area (Å²) in [5.74, 6) is 1.68. The van der Waals surface area contributed by atoms with E-state index in [0.717, 1.165) is 5.56 Å². The molecule has 3 N–H and O–H groups in total. The summed E-state index contributed by atoms with van der Waals surface area (Å²) in [7, 11) is 4.66. The maximum absolute atomic E-state index is 9.30. The molecule has 1 aromatic rings. The van der Waals surface area contributed by atoms with Crippen molar-refractivity contribution >= 4 is 0 Å². The van der Waals surface area contributed by atoms with Crippen LogP contribution >= 0.6 is 0 Å². The zero-order chi connectivity index (χ0) is 14.3. The van der Waals surface area contributed by atoms with Crippen molar-refractivity contribution in [2.75, 3.05) is 34.5 Å². The molecule has 0 saturated carbocycles. The maximum Gasteiger partial charge on any atom is 0.203 e. The molecular formula is C13H21NO5. The first kappa shape index (κ1) is 15.6. The second kappa shape index (κ2) is 7.83. The van der Waals surface area contributed by atoms with Gasteiger partial charge in [0, 0.05) is 6.54 Å². The molecule has 0 saturated heterocycles. The predicted molar refractivity (Wildman–Crippen MR) is 70.8 cm³/mol. The zero-order valence-corrected chi connectivity index (χ0v) is 11.5. The highest BCUT2D eigenvalue weighted by Crippen LogP contribution is 2.38. The van der Waals surface area contributed by atoms with Crippen LogP contribution < -0.4 is 19.9 Å². The highest BCUT2D eigenvalue weighted by molar-refractivity contribution is 5.53. The first-order valence-electron chi connectivity index (χ1n) is 5.91. The molecule has 0 spiro atoms. The van der Waals surface area contributed by atoms with E-state index >= 15 is 0 Å². The molecule has 0 bridgehead atoms. The van der Waals surface area contributed by atoms with Crippen LogP contribution in [-0.4, -0.2) is 45.7 Å². The summed E-state index contributed by atoms with van der Waals surface area (Å²) in [5, 5.41) is 9.30. The largest absolute Gasteiger partial charge is 0.493 e. The van der Waals surface area contributed by atoms with Crippen LogP contribution in [0.4, 0.5) is 0 Å². The highest BCUT2D eigenvalue weighted by Gasteiger charge is 2.13. The smallest absolute Gasteiger partial charge is 0.203 e. The third-order valence-corrected chi connectivity index (χ3v) is 2.58. The van der Waals surface area contributed by atoms with Gasteiger partial charge >= 0.3 is 0 Å². The molecule has 19 heavy (non-hydrogen) atoms. The van der Waals surface area contributed by atoms with Gasteiger partial charge in [-0.1, -0.05) is 0 Å². The molecule has 6 heteroatoms. The van der Waals surface area contributed by atoms with Crippen molar-refractivity contribution in [1.82, 2.24) is 0 Å². The number of hydrogen-bond donors (Lipinski definition) is 2. The summed E-state index contributed by atoms with van der Waals surface area (Å²) in [5.41, 5.74) is 6.15. The quantitative estimate of drug-likeness (QED) is 0.718. The van der Waals surface area contributed by atoms with E-state index in [1.165, 1.54) is 0 Å². The number of methoxy groups -OCH3 is 3. The minimum atomic E-state index is -0.651. The van der Waals surface area contributed by atoms with Crippen LogP contribution in [0.5, 0.6) is 17.2 Å². The Balaban J connectivity index is 2.79. The maximum atomic E-state index is 9.30. The lowest BCUT2D eigenvalue weighted by atomic mass is 10.2. The minimum absolute atomic E-state index is 0.176. The Morgan fingerprint density at radius 1 is 1.11 bits per heavy atom. The number of ether oxygens (including phenoxy) is 4. The molecule has 0 heterocycles. The lowest BCUT2D eigenvalue weighted by molar-refractivity contribution is 0.0328. The van der Waals surface area contributed by atoms with Crippen molar-refractivity contribution in [3.63, 3.8) is 0 Å². The number of hydrogen-bond acceptors (Lipinski definition) is 6. The van der Waals surface area contributed by atoms with E-state index in [0.29, 0.717) is 23.9 Å². The van der Waals surface area contributed by atoms with Crippen molar-refractivity contribution in [3.05, 3.63) is 17.7 Å². The van der Waals surface area contributed by atoms with Crippen LogP contribution in [0.15, 0.2) is 12.1 Å². The van der Waals surface area contributed by atoms with Gasteiger partial charge in [-0.25, -0.2) is 0 Å². The Bertz CT molecular complexity index is 372. The molecule has 1 aromatic carbocycles. The van der Waals surface area contributed by atoms with Gasteiger partial charge in [0.05, 0.1) is 40.6 Å². The first-order valence-corrected chi connectivity index (χ1v) is 5.91. The fourth-order valence-electron chi connectivity index (χ4n) is 1.60. The van der Waals surface area contributed by atoms with E-state index in [9.17, 15) is 5.11 Å². The number of nitrogens with two attached hydrogens (primary N) is 1. The van der Waals surface area contributed by atoms with Crippen LogP contribution in [0.3, 0.4) is 0 Å². The normalized spacial score (nSPS) is 12.1. The lowest BCUT2D eigenvalue weighted by Gasteiger charge is -2.14. The van der Waals surface area contributed by atoms with Gasteiger partial charge in [0.15, 0.2) is 11.5 Å². The number of rotatable bonds is 8. The Morgan fingerprint density at radius 2 is 1.68 bits per heavy atom. The average Bonchev–Trinajstić information content (AvgIpc) is 2.45. The van der Waals surface area contributed by atoms with Gasteiger partial charge in [-0.05, 0) is 17.7 Å². The number of benzene rings is 1. The van der Waals surface area contributed by atoms with E-state index in [4.69, 9.17) is 24.7 Å². The lowest BCUT2D eigenvalue weighted by Crippen LogP contribution is -2.24. The van der Waals surface area contributed by atoms with E-state index in [2.05, 4.69) is 0 Å². The van der Waals surface area contributed by atoms with E-state index in [1.807, 2.05) is 0 Å². The Morgan fingerprint density at radius 3 is 2.11 bits per heavy atom. The minimum Gasteiger partial charge on any atom is -0.493 e. The fourth-order valence-corrected chi connectivity index (χ4v) is 1.60. The van der Waals surface area contributed by atoms with Gasteiger partial charge in [-0.2, -0.15) is 0 Å². The SMILES string of the molecule is COc1cc(COCC(O)CN)cc(OC)c1OC. The molecule has 1 unspecified atom stereocenters. The molecular weight excluding hydrogens is 250 g/mol. The molecule has 0 aliphatic rings. The third-order valence-electron chi connectivity index (χ3n) is 2.58. The standard InChI is InChI=1S/C13H21NO5/c1-16-11-4-9(7-19-8-10(15)6-14)5-12(17-2)13(11)18-3/h4-5,10,15H,6-8,14H2,1-3H3. The number of aliphatic hydroxyl groups excluding tert-OH is 1. The Labute approximate surface area is 113 Å². The topological polar surface area (TPSA) is 83.2 Å². The molecule has 0 radical (unpaired) electrons. The van der Waals surface area contributed by atoms with Crippen LogP contribution in [0.2, 0.25) is 0 Å². The van der Waals surface area contributed by atoms with Crippen molar-refractivity contribution in [2.24, 2.45) is 5.73 Å². The van der Waals surface area contributed by atoms with Gasteiger partial charge in [0.1, 0.15) is 0 Å². The molecule has 0 aliphatic heterocycles. The molecule has 6 nitrogen and oxygen atoms in total. The zero-order valence-electron chi connectivity index (χ0n) is 11.5. The fraction of sp³-hybridized carbons (Fsp3) is 0.538. The predicted octanol–water partition coefficient (Wildman–Crippen LogP) is 0.549. The molecule has 108 valence electrons. The van der Waals surface area contributed by atoms with Crippen LogP contribution in [-0.2, 0) is 11.3 Å². The third kappa shape index (κ3) is 4.27. The summed E-state index contributed by atoms with van der Waals surface area (Å²) in [6.07, 6.45) is -0.651. The van der Waals surface area contributed by atoms with Crippen molar-refractivity contribution in [1.29, 1.82) is 0 Å². The van der Waals surface area contributed by atoms with Gasteiger partial charge < -0.3 is 29.8 Å². The van der Waals surface area contributed by atoms with E-state index in [-0.39, 0.29) is 13.2 Å². The van der Waals surface area contributed by atoms with Crippen LogP contribution in [0, 0.1) is 0 Å². The Kier molecular flexibility index (Phi) is 6.41. The van der Waals surface area contributed by atoms with Crippen molar-refractivity contribution < 1.29 is 24.1 Å². The summed E-state index contributed by atoms with van der Waals surface area (Å²) in [6.45, 7) is 0.691.